The second-order valence-corrected chi connectivity index (χ2v) is 5.14. The van der Waals surface area contributed by atoms with Gasteiger partial charge in [0.05, 0.1) is 5.92 Å². The van der Waals surface area contributed by atoms with E-state index >= 15 is 0 Å². The standard InChI is InChI=1S/C12H12BrNO3/c1-7(12(16)17)5-14-6-8-4-9(13)2-3-10(8)11(14)15/h2-4,7H,5-6H2,1H3,(H,16,17). The highest BCUT2D eigenvalue weighted by atomic mass is 79.9. The second kappa shape index (κ2) is 4.49. The van der Waals surface area contributed by atoms with Crippen molar-refractivity contribution in [3.05, 3.63) is 33.8 Å². The van der Waals surface area contributed by atoms with Crippen molar-refractivity contribution in [2.75, 3.05) is 6.54 Å². The van der Waals surface area contributed by atoms with Gasteiger partial charge >= 0.3 is 5.97 Å². The maximum atomic E-state index is 12.0. The third-order valence-corrected chi connectivity index (χ3v) is 3.36. The Bertz CT molecular complexity index is 487. The maximum Gasteiger partial charge on any atom is 0.308 e. The molecular weight excluding hydrogens is 286 g/mol. The van der Waals surface area contributed by atoms with Gasteiger partial charge in [-0.05, 0) is 23.8 Å². The van der Waals surface area contributed by atoms with Gasteiger partial charge in [-0.2, -0.15) is 0 Å². The van der Waals surface area contributed by atoms with Gasteiger partial charge in [-0.3, -0.25) is 9.59 Å². The number of carbonyl (C=O) groups excluding carboxylic acids is 1. The number of amides is 1. The molecule has 1 atom stereocenters. The van der Waals surface area contributed by atoms with E-state index in [4.69, 9.17) is 5.11 Å². The van der Waals surface area contributed by atoms with E-state index < -0.39 is 11.9 Å². The molecule has 90 valence electrons. The lowest BCUT2D eigenvalue weighted by Crippen LogP contribution is -2.32. The number of rotatable bonds is 3. The summed E-state index contributed by atoms with van der Waals surface area (Å²) in [6, 6.07) is 5.49. The summed E-state index contributed by atoms with van der Waals surface area (Å²) in [6.07, 6.45) is 0. The van der Waals surface area contributed by atoms with E-state index in [0.29, 0.717) is 12.1 Å². The van der Waals surface area contributed by atoms with Crippen LogP contribution in [0.5, 0.6) is 0 Å². The largest absolute Gasteiger partial charge is 0.481 e. The molecule has 1 unspecified atom stereocenters. The number of benzene rings is 1. The van der Waals surface area contributed by atoms with Gasteiger partial charge in [0.1, 0.15) is 0 Å². The molecular formula is C12H12BrNO3. The van der Waals surface area contributed by atoms with E-state index in [1.165, 1.54) is 0 Å². The first kappa shape index (κ1) is 12.1. The van der Waals surface area contributed by atoms with Gasteiger partial charge in [0.2, 0.25) is 0 Å². The molecule has 1 amide bonds. The summed E-state index contributed by atoms with van der Waals surface area (Å²) in [4.78, 5) is 24.3. The molecule has 0 saturated carbocycles. The highest BCUT2D eigenvalue weighted by Crippen LogP contribution is 2.26. The Hall–Kier alpha value is -1.36. The van der Waals surface area contributed by atoms with Gasteiger partial charge in [-0.25, -0.2) is 0 Å². The summed E-state index contributed by atoms with van der Waals surface area (Å²) in [5, 5.41) is 8.84. The van der Waals surface area contributed by atoms with Gasteiger partial charge in [0, 0.05) is 23.1 Å². The van der Waals surface area contributed by atoms with Crippen molar-refractivity contribution in [1.29, 1.82) is 0 Å². The lowest BCUT2D eigenvalue weighted by Gasteiger charge is -2.17. The molecule has 1 N–H and O–H groups in total. The van der Waals surface area contributed by atoms with E-state index in [9.17, 15) is 9.59 Å². The molecule has 1 heterocycles. The fraction of sp³-hybridized carbons (Fsp3) is 0.333. The van der Waals surface area contributed by atoms with Crippen LogP contribution < -0.4 is 0 Å². The van der Waals surface area contributed by atoms with Crippen LogP contribution in [0.25, 0.3) is 0 Å². The molecule has 0 aromatic heterocycles. The van der Waals surface area contributed by atoms with Gasteiger partial charge in [-0.1, -0.05) is 22.9 Å². The predicted octanol–water partition coefficient (Wildman–Crippen LogP) is 2.13. The summed E-state index contributed by atoms with van der Waals surface area (Å²) >= 11 is 3.35. The molecule has 5 heteroatoms. The number of carbonyl (C=O) groups is 2. The highest BCUT2D eigenvalue weighted by molar-refractivity contribution is 9.10. The number of nitrogens with zero attached hydrogens (tertiary/aromatic N) is 1. The van der Waals surface area contributed by atoms with Crippen molar-refractivity contribution in [2.45, 2.75) is 13.5 Å². The molecule has 4 nitrogen and oxygen atoms in total. The van der Waals surface area contributed by atoms with Crippen molar-refractivity contribution >= 4 is 27.8 Å². The van der Waals surface area contributed by atoms with Crippen molar-refractivity contribution in [2.24, 2.45) is 5.92 Å². The first-order valence-corrected chi connectivity index (χ1v) is 6.09. The molecule has 1 aliphatic heterocycles. The topological polar surface area (TPSA) is 57.6 Å². The first-order valence-electron chi connectivity index (χ1n) is 5.29. The number of halogens is 1. The van der Waals surface area contributed by atoms with Crippen LogP contribution in [0.15, 0.2) is 22.7 Å². The Kier molecular flexibility index (Phi) is 3.19. The normalized spacial score (nSPS) is 15.9. The van der Waals surface area contributed by atoms with E-state index in [2.05, 4.69) is 15.9 Å². The van der Waals surface area contributed by atoms with Crippen LogP contribution in [-0.4, -0.2) is 28.4 Å². The average molecular weight is 298 g/mol. The lowest BCUT2D eigenvalue weighted by molar-refractivity contribution is -0.141. The molecule has 0 fully saturated rings. The Labute approximate surface area is 107 Å². The fourth-order valence-electron chi connectivity index (χ4n) is 1.91. The van der Waals surface area contributed by atoms with Crippen molar-refractivity contribution in [3.63, 3.8) is 0 Å². The number of fused-ring (bicyclic) bond motifs is 1. The zero-order valence-corrected chi connectivity index (χ0v) is 10.9. The van der Waals surface area contributed by atoms with Crippen LogP contribution in [0.2, 0.25) is 0 Å². The SMILES string of the molecule is CC(CN1Cc2cc(Br)ccc2C1=O)C(=O)O. The zero-order valence-electron chi connectivity index (χ0n) is 9.31. The predicted molar refractivity (Wildman–Crippen MR) is 65.7 cm³/mol. The minimum Gasteiger partial charge on any atom is -0.481 e. The Morgan fingerprint density at radius 1 is 1.59 bits per heavy atom. The van der Waals surface area contributed by atoms with Gasteiger partial charge < -0.3 is 10.0 Å². The van der Waals surface area contributed by atoms with E-state index in [0.717, 1.165) is 10.0 Å². The lowest BCUT2D eigenvalue weighted by atomic mass is 10.1. The molecule has 0 bridgehead atoms. The third-order valence-electron chi connectivity index (χ3n) is 2.86. The quantitative estimate of drug-likeness (QED) is 0.930. The molecule has 1 aromatic rings. The molecule has 1 aliphatic rings. The molecule has 0 spiro atoms. The van der Waals surface area contributed by atoms with Crippen molar-refractivity contribution in [1.82, 2.24) is 4.90 Å². The minimum atomic E-state index is -0.880. The van der Waals surface area contributed by atoms with Gasteiger partial charge in [0.15, 0.2) is 0 Å². The zero-order chi connectivity index (χ0) is 12.6. The van der Waals surface area contributed by atoms with Crippen molar-refractivity contribution < 1.29 is 14.7 Å². The smallest absolute Gasteiger partial charge is 0.308 e. The van der Waals surface area contributed by atoms with E-state index in [1.807, 2.05) is 12.1 Å². The minimum absolute atomic E-state index is 0.0828. The fourth-order valence-corrected chi connectivity index (χ4v) is 2.31. The summed E-state index contributed by atoms with van der Waals surface area (Å²) in [5.41, 5.74) is 1.62. The van der Waals surface area contributed by atoms with Crippen LogP contribution in [0, 0.1) is 5.92 Å². The summed E-state index contributed by atoms with van der Waals surface area (Å²) in [6.45, 7) is 2.35. The monoisotopic (exact) mass is 297 g/mol. The molecule has 0 radical (unpaired) electrons. The summed E-state index contributed by atoms with van der Waals surface area (Å²) in [7, 11) is 0. The van der Waals surface area contributed by atoms with Crippen LogP contribution in [0.4, 0.5) is 0 Å². The molecule has 1 aromatic carbocycles. The Morgan fingerprint density at radius 3 is 2.94 bits per heavy atom. The van der Waals surface area contributed by atoms with Crippen LogP contribution in [0.1, 0.15) is 22.8 Å². The molecule has 0 saturated heterocycles. The number of carboxylic acids is 1. The second-order valence-electron chi connectivity index (χ2n) is 4.23. The number of aliphatic carboxylic acids is 1. The van der Waals surface area contributed by atoms with Crippen LogP contribution >= 0.6 is 15.9 Å². The van der Waals surface area contributed by atoms with Gasteiger partial charge in [-0.15, -0.1) is 0 Å². The first-order chi connectivity index (χ1) is 7.99. The Balaban J connectivity index is 2.17. The average Bonchev–Trinajstić information content (AvgIpc) is 2.55. The third kappa shape index (κ3) is 2.34. The summed E-state index contributed by atoms with van der Waals surface area (Å²) in [5.74, 6) is -1.51. The Morgan fingerprint density at radius 2 is 2.29 bits per heavy atom. The van der Waals surface area contributed by atoms with E-state index in [1.54, 1.807) is 17.9 Å². The number of hydrogen-bond donors (Lipinski definition) is 1. The number of carboxylic acid groups (broad SMARTS) is 1. The molecule has 0 aliphatic carbocycles. The van der Waals surface area contributed by atoms with E-state index in [-0.39, 0.29) is 12.5 Å². The van der Waals surface area contributed by atoms with Gasteiger partial charge in [0.25, 0.3) is 5.91 Å². The number of hydrogen-bond acceptors (Lipinski definition) is 2. The van der Waals surface area contributed by atoms with Crippen molar-refractivity contribution in [3.8, 4) is 0 Å². The highest BCUT2D eigenvalue weighted by Gasteiger charge is 2.29. The van der Waals surface area contributed by atoms with Crippen LogP contribution in [-0.2, 0) is 11.3 Å². The molecule has 17 heavy (non-hydrogen) atoms. The molecule has 2 rings (SSSR count). The van der Waals surface area contributed by atoms with Crippen LogP contribution in [0.3, 0.4) is 0 Å². The summed E-state index contributed by atoms with van der Waals surface area (Å²) < 4.78 is 0.928. The maximum absolute atomic E-state index is 12.0.